The molecule has 61 heavy (non-hydrogen) atoms. The molecular formula is C52H95NO7P+. The minimum atomic E-state index is -4.29. The number of phosphoric acid groups is 1. The van der Waals surface area contributed by atoms with Crippen LogP contribution in [0, 0.1) is 0 Å². The van der Waals surface area contributed by atoms with E-state index in [-0.39, 0.29) is 32.2 Å². The van der Waals surface area contributed by atoms with Gasteiger partial charge in [0.1, 0.15) is 19.3 Å². The van der Waals surface area contributed by atoms with Crippen LogP contribution in [0.4, 0.5) is 0 Å². The average molecular weight is 877 g/mol. The number of carbonyl (C=O) groups excluding carboxylic acids is 1. The summed E-state index contributed by atoms with van der Waals surface area (Å²) in [5.41, 5.74) is 0. The molecule has 0 aliphatic rings. The highest BCUT2D eigenvalue weighted by Gasteiger charge is 2.26. The molecule has 0 saturated heterocycles. The van der Waals surface area contributed by atoms with Crippen LogP contribution in [-0.4, -0.2) is 75.6 Å². The van der Waals surface area contributed by atoms with Gasteiger partial charge in [-0.2, -0.15) is 0 Å². The Morgan fingerprint density at radius 3 is 1.43 bits per heavy atom. The Bertz CT molecular complexity index is 1200. The van der Waals surface area contributed by atoms with Gasteiger partial charge in [-0.1, -0.05) is 177 Å². The molecule has 2 unspecified atom stereocenters. The molecule has 0 aromatic heterocycles. The molecule has 0 aromatic rings. The average Bonchev–Trinajstić information content (AvgIpc) is 3.22. The first kappa shape index (κ1) is 58.9. The minimum absolute atomic E-state index is 0.0772. The Morgan fingerprint density at radius 1 is 0.525 bits per heavy atom. The van der Waals surface area contributed by atoms with Gasteiger partial charge >= 0.3 is 13.8 Å². The molecule has 0 heterocycles. The third-order valence-electron chi connectivity index (χ3n) is 10.3. The van der Waals surface area contributed by atoms with Crippen LogP contribution in [-0.2, 0) is 27.9 Å². The van der Waals surface area contributed by atoms with Gasteiger partial charge in [0.15, 0.2) is 0 Å². The lowest BCUT2D eigenvalue weighted by molar-refractivity contribution is -0.870. The fourth-order valence-electron chi connectivity index (χ4n) is 6.46. The lowest BCUT2D eigenvalue weighted by atomic mass is 10.0. The molecule has 0 bridgehead atoms. The molecule has 0 saturated carbocycles. The molecule has 0 spiro atoms. The van der Waals surface area contributed by atoms with Crippen molar-refractivity contribution in [2.45, 2.75) is 200 Å². The summed E-state index contributed by atoms with van der Waals surface area (Å²) in [6.45, 7) is 5.43. The fraction of sp³-hybridized carbons (Fsp3) is 0.750. The zero-order valence-corrected chi connectivity index (χ0v) is 41.0. The van der Waals surface area contributed by atoms with E-state index in [2.05, 4.69) is 86.8 Å². The zero-order chi connectivity index (χ0) is 44.8. The first-order valence-electron chi connectivity index (χ1n) is 24.7. The second-order valence-corrected chi connectivity index (χ2v) is 18.9. The van der Waals surface area contributed by atoms with Gasteiger partial charge in [0, 0.05) is 13.0 Å². The van der Waals surface area contributed by atoms with Gasteiger partial charge < -0.3 is 18.9 Å². The first-order chi connectivity index (χ1) is 29.6. The van der Waals surface area contributed by atoms with Crippen LogP contribution in [0.2, 0.25) is 0 Å². The predicted octanol–water partition coefficient (Wildman–Crippen LogP) is 15.1. The quantitative estimate of drug-likeness (QED) is 0.0214. The van der Waals surface area contributed by atoms with E-state index < -0.39 is 13.9 Å². The molecule has 0 aliphatic heterocycles. The van der Waals surface area contributed by atoms with Crippen LogP contribution < -0.4 is 0 Å². The molecule has 9 heteroatoms. The number of rotatable bonds is 45. The predicted molar refractivity (Wildman–Crippen MR) is 261 cm³/mol. The maximum absolute atomic E-state index is 12.7. The topological polar surface area (TPSA) is 91.3 Å². The van der Waals surface area contributed by atoms with E-state index in [1.807, 2.05) is 21.1 Å². The van der Waals surface area contributed by atoms with Crippen molar-refractivity contribution >= 4 is 13.8 Å². The summed E-state index contributed by atoms with van der Waals surface area (Å²) in [6, 6.07) is 0. The van der Waals surface area contributed by atoms with Crippen molar-refractivity contribution < 1.29 is 37.3 Å². The number of allylic oxidation sites excluding steroid dienone is 12. The molecule has 2 atom stereocenters. The number of carbonyl (C=O) groups is 1. The van der Waals surface area contributed by atoms with Gasteiger partial charge in [0.2, 0.25) is 0 Å². The molecular weight excluding hydrogens is 782 g/mol. The third-order valence-corrected chi connectivity index (χ3v) is 11.2. The monoisotopic (exact) mass is 877 g/mol. The van der Waals surface area contributed by atoms with Crippen molar-refractivity contribution in [3.05, 3.63) is 72.9 Å². The van der Waals surface area contributed by atoms with Crippen molar-refractivity contribution in [2.75, 3.05) is 54.1 Å². The van der Waals surface area contributed by atoms with Crippen LogP contribution in [0.3, 0.4) is 0 Å². The van der Waals surface area contributed by atoms with Crippen LogP contribution >= 0.6 is 7.82 Å². The van der Waals surface area contributed by atoms with Crippen LogP contribution in [0.15, 0.2) is 72.9 Å². The molecule has 0 rings (SSSR count). The molecule has 0 fully saturated rings. The number of likely N-dealkylation sites (N-methyl/N-ethyl adjacent to an activating group) is 1. The standard InChI is InChI=1S/C52H94NO7P/c1-6-8-10-12-14-16-18-20-22-23-24-25-26-27-28-29-30-32-34-36-38-40-42-44-47-57-49-51(50-59-61(55,56)58-48-46-53(3,4)5)60-52(54)45-43-41-39-37-35-33-31-21-19-17-15-13-11-9-7-2/h9,11,15,17-18,20-21,23-24,31,35,37,51H,6-8,10,12-14,16,19,22,25-30,32-34,36,38-50H2,1-5H3/p+1/b11-9-,17-15-,20-18-,24-23-,31-21-,37-35-. The summed E-state index contributed by atoms with van der Waals surface area (Å²) in [5, 5.41) is 0. The highest BCUT2D eigenvalue weighted by Crippen LogP contribution is 2.43. The minimum Gasteiger partial charge on any atom is -0.457 e. The molecule has 0 aliphatic carbocycles. The van der Waals surface area contributed by atoms with Gasteiger partial charge in [0.05, 0.1) is 34.4 Å². The highest BCUT2D eigenvalue weighted by molar-refractivity contribution is 7.47. The molecule has 1 N–H and O–H groups in total. The number of ether oxygens (including phenoxy) is 2. The van der Waals surface area contributed by atoms with Crippen LogP contribution in [0.1, 0.15) is 194 Å². The maximum Gasteiger partial charge on any atom is 0.472 e. The smallest absolute Gasteiger partial charge is 0.457 e. The number of hydrogen-bond acceptors (Lipinski definition) is 6. The Morgan fingerprint density at radius 2 is 0.951 bits per heavy atom. The van der Waals surface area contributed by atoms with E-state index in [0.717, 1.165) is 57.8 Å². The Kier molecular flexibility index (Phi) is 43.0. The second-order valence-electron chi connectivity index (χ2n) is 17.5. The number of unbranched alkanes of at least 4 members (excludes halogenated alkanes) is 19. The summed E-state index contributed by atoms with van der Waals surface area (Å²) in [4.78, 5) is 22.9. The normalized spacial score (nSPS) is 14.3. The summed E-state index contributed by atoms with van der Waals surface area (Å²) in [6.07, 6.45) is 58.1. The summed E-state index contributed by atoms with van der Waals surface area (Å²) < 4.78 is 35.0. The molecule has 0 amide bonds. The molecule has 8 nitrogen and oxygen atoms in total. The fourth-order valence-corrected chi connectivity index (χ4v) is 7.20. The zero-order valence-electron chi connectivity index (χ0n) is 40.1. The first-order valence-corrected chi connectivity index (χ1v) is 26.2. The van der Waals surface area contributed by atoms with E-state index in [0.29, 0.717) is 24.1 Å². The number of hydrogen-bond donors (Lipinski definition) is 1. The Hall–Kier alpha value is -2.06. The van der Waals surface area contributed by atoms with E-state index >= 15 is 0 Å². The van der Waals surface area contributed by atoms with Crippen molar-refractivity contribution in [3.63, 3.8) is 0 Å². The number of quaternary nitrogens is 1. The van der Waals surface area contributed by atoms with Gasteiger partial charge in [0.25, 0.3) is 0 Å². The maximum atomic E-state index is 12.7. The molecule has 354 valence electrons. The number of phosphoric ester groups is 1. The van der Waals surface area contributed by atoms with E-state index in [1.54, 1.807) is 0 Å². The summed E-state index contributed by atoms with van der Waals surface area (Å²) in [7, 11) is 1.63. The van der Waals surface area contributed by atoms with Gasteiger partial charge in [-0.05, 0) is 83.5 Å². The lowest BCUT2D eigenvalue weighted by Crippen LogP contribution is -2.37. The van der Waals surface area contributed by atoms with Crippen molar-refractivity contribution in [1.29, 1.82) is 0 Å². The van der Waals surface area contributed by atoms with Crippen LogP contribution in [0.5, 0.6) is 0 Å². The lowest BCUT2D eigenvalue weighted by Gasteiger charge is -2.24. The van der Waals surface area contributed by atoms with Crippen molar-refractivity contribution in [2.24, 2.45) is 0 Å². The summed E-state index contributed by atoms with van der Waals surface area (Å²) in [5.74, 6) is -0.355. The van der Waals surface area contributed by atoms with Crippen molar-refractivity contribution in [3.8, 4) is 0 Å². The Balaban J connectivity index is 4.17. The highest BCUT2D eigenvalue weighted by atomic mass is 31.2. The summed E-state index contributed by atoms with van der Waals surface area (Å²) >= 11 is 0. The van der Waals surface area contributed by atoms with E-state index in [9.17, 15) is 14.3 Å². The molecule has 0 radical (unpaired) electrons. The second kappa shape index (κ2) is 44.5. The largest absolute Gasteiger partial charge is 0.472 e. The number of nitrogens with zero attached hydrogens (tertiary/aromatic N) is 1. The van der Waals surface area contributed by atoms with Gasteiger partial charge in [-0.15, -0.1) is 0 Å². The van der Waals surface area contributed by atoms with Crippen molar-refractivity contribution in [1.82, 2.24) is 0 Å². The van der Waals surface area contributed by atoms with E-state index in [1.165, 1.54) is 109 Å². The SMILES string of the molecule is CC/C=C\C/C=C\C/C=C\C/C=C\CCCCC(=O)OC(COCCCCCCCCCCCCCC/C=C\C/C=C\CCCCCCC)COP(=O)(O)OCC[N+](C)(C)C. The number of esters is 1. The van der Waals surface area contributed by atoms with Gasteiger partial charge in [-0.3, -0.25) is 13.8 Å². The Labute approximate surface area is 376 Å². The third kappa shape index (κ3) is 48.8. The van der Waals surface area contributed by atoms with Crippen LogP contribution in [0.25, 0.3) is 0 Å². The van der Waals surface area contributed by atoms with Gasteiger partial charge in [-0.25, -0.2) is 4.57 Å². The van der Waals surface area contributed by atoms with E-state index in [4.69, 9.17) is 18.5 Å². The molecule has 0 aromatic carbocycles.